The molecule has 0 aliphatic heterocycles. The van der Waals surface area contributed by atoms with E-state index in [1.54, 1.807) is 6.92 Å². The summed E-state index contributed by atoms with van der Waals surface area (Å²) in [6, 6.07) is 0. The van der Waals surface area contributed by atoms with Gasteiger partial charge in [0.15, 0.2) is 5.82 Å². The molecular weight excluding hydrogens is 198 g/mol. The number of rotatable bonds is 5. The Morgan fingerprint density at radius 3 is 2.87 bits per heavy atom. The average Bonchev–Trinajstić information content (AvgIpc) is 2.60. The lowest BCUT2D eigenvalue weighted by molar-refractivity contribution is -0.140. The van der Waals surface area contributed by atoms with Crippen molar-refractivity contribution < 1.29 is 14.1 Å². The van der Waals surface area contributed by atoms with Crippen LogP contribution in [0.3, 0.4) is 0 Å². The van der Waals surface area contributed by atoms with E-state index in [0.29, 0.717) is 31.2 Å². The Kier molecular flexibility index (Phi) is 4.23. The van der Waals surface area contributed by atoms with Gasteiger partial charge in [-0.05, 0) is 14.0 Å². The summed E-state index contributed by atoms with van der Waals surface area (Å²) < 4.78 is 9.49. The Morgan fingerprint density at radius 1 is 1.60 bits per heavy atom. The molecule has 1 rings (SSSR count). The third kappa shape index (κ3) is 4.07. The fourth-order valence-corrected chi connectivity index (χ4v) is 1.10. The van der Waals surface area contributed by atoms with Crippen molar-refractivity contribution in [2.24, 2.45) is 0 Å². The zero-order chi connectivity index (χ0) is 11.3. The number of methoxy groups -OCH3 is 1. The third-order valence-corrected chi connectivity index (χ3v) is 1.90. The van der Waals surface area contributed by atoms with Crippen molar-refractivity contribution in [1.29, 1.82) is 0 Å². The van der Waals surface area contributed by atoms with Gasteiger partial charge in [-0.1, -0.05) is 5.16 Å². The molecule has 0 spiro atoms. The highest BCUT2D eigenvalue weighted by molar-refractivity contribution is 5.69. The number of aromatic nitrogens is 2. The van der Waals surface area contributed by atoms with E-state index in [-0.39, 0.29) is 5.97 Å². The van der Waals surface area contributed by atoms with Crippen molar-refractivity contribution in [3.8, 4) is 0 Å². The number of carbonyl (C=O) groups excluding carboxylic acids is 1. The van der Waals surface area contributed by atoms with Crippen LogP contribution >= 0.6 is 0 Å². The summed E-state index contributed by atoms with van der Waals surface area (Å²) in [5.41, 5.74) is 0. The molecule has 15 heavy (non-hydrogen) atoms. The molecule has 1 aromatic heterocycles. The monoisotopic (exact) mass is 213 g/mol. The summed E-state index contributed by atoms with van der Waals surface area (Å²) in [4.78, 5) is 16.9. The van der Waals surface area contributed by atoms with Gasteiger partial charge in [0.2, 0.25) is 5.89 Å². The minimum absolute atomic E-state index is 0.219. The molecule has 1 aromatic rings. The van der Waals surface area contributed by atoms with E-state index >= 15 is 0 Å². The van der Waals surface area contributed by atoms with Crippen LogP contribution in [0.4, 0.5) is 0 Å². The van der Waals surface area contributed by atoms with Gasteiger partial charge in [0.25, 0.3) is 0 Å². The second-order valence-electron chi connectivity index (χ2n) is 3.30. The smallest absolute Gasteiger partial charge is 0.306 e. The molecule has 0 aromatic carbocycles. The standard InChI is InChI=1S/C9H15N3O3/c1-7-10-8(15-11-7)6-12(2)5-4-9(13)14-3/h4-6H2,1-3H3. The van der Waals surface area contributed by atoms with Crippen molar-refractivity contribution in [2.45, 2.75) is 19.9 Å². The molecule has 0 unspecified atom stereocenters. The van der Waals surface area contributed by atoms with Crippen molar-refractivity contribution in [1.82, 2.24) is 15.0 Å². The number of hydrogen-bond acceptors (Lipinski definition) is 6. The van der Waals surface area contributed by atoms with Crippen LogP contribution in [0.25, 0.3) is 0 Å². The van der Waals surface area contributed by atoms with Crippen LogP contribution in [0, 0.1) is 6.92 Å². The SMILES string of the molecule is COC(=O)CCN(C)Cc1nc(C)no1. The van der Waals surface area contributed by atoms with E-state index < -0.39 is 0 Å². The predicted molar refractivity (Wildman–Crippen MR) is 52.0 cm³/mol. The highest BCUT2D eigenvalue weighted by atomic mass is 16.5. The Morgan fingerprint density at radius 2 is 2.33 bits per heavy atom. The van der Waals surface area contributed by atoms with Gasteiger partial charge in [0.05, 0.1) is 20.1 Å². The molecule has 0 fully saturated rings. The van der Waals surface area contributed by atoms with E-state index in [4.69, 9.17) is 4.52 Å². The van der Waals surface area contributed by atoms with E-state index in [2.05, 4.69) is 14.9 Å². The number of esters is 1. The molecule has 0 N–H and O–H groups in total. The number of nitrogens with zero attached hydrogens (tertiary/aromatic N) is 3. The minimum atomic E-state index is -0.219. The number of ether oxygens (including phenoxy) is 1. The fourth-order valence-electron chi connectivity index (χ4n) is 1.10. The average molecular weight is 213 g/mol. The number of hydrogen-bond donors (Lipinski definition) is 0. The summed E-state index contributed by atoms with van der Waals surface area (Å²) in [6.45, 7) is 2.91. The minimum Gasteiger partial charge on any atom is -0.469 e. The van der Waals surface area contributed by atoms with Crippen LogP contribution in [0.1, 0.15) is 18.1 Å². The van der Waals surface area contributed by atoms with Gasteiger partial charge in [-0.25, -0.2) is 0 Å². The molecule has 0 saturated carbocycles. The zero-order valence-electron chi connectivity index (χ0n) is 9.19. The van der Waals surface area contributed by atoms with E-state index in [1.165, 1.54) is 7.11 Å². The van der Waals surface area contributed by atoms with E-state index in [0.717, 1.165) is 0 Å². The molecule has 6 nitrogen and oxygen atoms in total. The summed E-state index contributed by atoms with van der Waals surface area (Å²) in [6.07, 6.45) is 0.361. The van der Waals surface area contributed by atoms with Gasteiger partial charge in [-0.3, -0.25) is 9.69 Å². The third-order valence-electron chi connectivity index (χ3n) is 1.90. The van der Waals surface area contributed by atoms with Crippen LogP contribution in [0.2, 0.25) is 0 Å². The first-order valence-electron chi connectivity index (χ1n) is 4.66. The molecule has 84 valence electrons. The van der Waals surface area contributed by atoms with E-state index in [9.17, 15) is 4.79 Å². The number of aryl methyl sites for hydroxylation is 1. The first-order chi connectivity index (χ1) is 7.11. The maximum Gasteiger partial charge on any atom is 0.306 e. The molecule has 1 heterocycles. The second-order valence-corrected chi connectivity index (χ2v) is 3.30. The molecular formula is C9H15N3O3. The van der Waals surface area contributed by atoms with Crippen molar-refractivity contribution in [3.63, 3.8) is 0 Å². The first-order valence-corrected chi connectivity index (χ1v) is 4.66. The van der Waals surface area contributed by atoms with Crippen LogP contribution in [0.15, 0.2) is 4.52 Å². The fraction of sp³-hybridized carbons (Fsp3) is 0.667. The van der Waals surface area contributed by atoms with Gasteiger partial charge in [0.1, 0.15) is 0 Å². The molecule has 0 atom stereocenters. The number of carbonyl (C=O) groups is 1. The molecule has 0 amide bonds. The second kappa shape index (κ2) is 5.45. The van der Waals surface area contributed by atoms with Crippen molar-refractivity contribution in [2.75, 3.05) is 20.7 Å². The lowest BCUT2D eigenvalue weighted by Gasteiger charge is -2.12. The molecule has 0 saturated heterocycles. The van der Waals surface area contributed by atoms with Crippen LogP contribution in [-0.4, -0.2) is 41.7 Å². The maximum atomic E-state index is 10.9. The zero-order valence-corrected chi connectivity index (χ0v) is 9.19. The van der Waals surface area contributed by atoms with Gasteiger partial charge in [-0.15, -0.1) is 0 Å². The molecule has 0 aliphatic rings. The topological polar surface area (TPSA) is 68.5 Å². The van der Waals surface area contributed by atoms with Gasteiger partial charge in [-0.2, -0.15) is 4.98 Å². The molecule has 6 heteroatoms. The van der Waals surface area contributed by atoms with Gasteiger partial charge < -0.3 is 9.26 Å². The van der Waals surface area contributed by atoms with Gasteiger partial charge in [0, 0.05) is 6.54 Å². The van der Waals surface area contributed by atoms with Gasteiger partial charge >= 0.3 is 5.97 Å². The van der Waals surface area contributed by atoms with Crippen molar-refractivity contribution >= 4 is 5.97 Å². The van der Waals surface area contributed by atoms with Crippen molar-refractivity contribution in [3.05, 3.63) is 11.7 Å². The maximum absolute atomic E-state index is 10.9. The normalized spacial score (nSPS) is 10.7. The largest absolute Gasteiger partial charge is 0.469 e. The quantitative estimate of drug-likeness (QED) is 0.658. The molecule has 0 bridgehead atoms. The lowest BCUT2D eigenvalue weighted by Crippen LogP contribution is -2.22. The van der Waals surface area contributed by atoms with Crippen LogP contribution in [0.5, 0.6) is 0 Å². The lowest BCUT2D eigenvalue weighted by atomic mass is 10.4. The summed E-state index contributed by atoms with van der Waals surface area (Å²) in [5.74, 6) is 0.954. The predicted octanol–water partition coefficient (Wildman–Crippen LogP) is 0.373. The Hall–Kier alpha value is -1.43. The summed E-state index contributed by atoms with van der Waals surface area (Å²) in [5, 5.41) is 3.68. The first kappa shape index (κ1) is 11.6. The summed E-state index contributed by atoms with van der Waals surface area (Å²) in [7, 11) is 3.26. The molecule has 0 aliphatic carbocycles. The van der Waals surface area contributed by atoms with Crippen LogP contribution < -0.4 is 0 Å². The molecule has 0 radical (unpaired) electrons. The summed E-state index contributed by atoms with van der Waals surface area (Å²) >= 11 is 0. The Bertz CT molecular complexity index is 324. The Labute approximate surface area is 88.2 Å². The highest BCUT2D eigenvalue weighted by Gasteiger charge is 2.08. The van der Waals surface area contributed by atoms with Crippen LogP contribution in [-0.2, 0) is 16.1 Å². The highest BCUT2D eigenvalue weighted by Crippen LogP contribution is 2.01. The Balaban J connectivity index is 2.30. The van der Waals surface area contributed by atoms with E-state index in [1.807, 2.05) is 11.9 Å².